The predicted molar refractivity (Wildman–Crippen MR) is 73.0 cm³/mol. The van der Waals surface area contributed by atoms with E-state index in [-0.39, 0.29) is 12.4 Å². The van der Waals surface area contributed by atoms with Gasteiger partial charge in [0.05, 0.1) is 0 Å². The van der Waals surface area contributed by atoms with Crippen LogP contribution in [0.4, 0.5) is 10.5 Å². The van der Waals surface area contributed by atoms with Crippen LogP contribution in [0, 0.1) is 0 Å². The van der Waals surface area contributed by atoms with Gasteiger partial charge in [-0.2, -0.15) is 0 Å². The number of amides is 3. The number of urea groups is 1. The van der Waals surface area contributed by atoms with Gasteiger partial charge in [-0.15, -0.1) is 23.7 Å². The Kier molecular flexibility index (Phi) is 5.29. The molecule has 0 radical (unpaired) electrons. The molecule has 0 spiro atoms. The van der Waals surface area contributed by atoms with Crippen LogP contribution < -0.4 is 10.6 Å². The zero-order valence-electron chi connectivity index (χ0n) is 9.12. The maximum absolute atomic E-state index is 11.1. The highest BCUT2D eigenvalue weighted by atomic mass is 35.5. The van der Waals surface area contributed by atoms with Crippen LogP contribution in [-0.2, 0) is 4.79 Å². The van der Waals surface area contributed by atoms with Crippen molar-refractivity contribution in [3.8, 4) is 10.6 Å². The first-order valence-electron chi connectivity index (χ1n) is 4.80. The van der Waals surface area contributed by atoms with E-state index in [2.05, 4.69) is 10.3 Å². The van der Waals surface area contributed by atoms with Crippen LogP contribution in [0.25, 0.3) is 10.6 Å². The zero-order valence-corrected chi connectivity index (χ0v) is 10.8. The minimum absolute atomic E-state index is 0. The molecular formula is C11H10ClN3O2S. The topological polar surface area (TPSA) is 71.1 Å². The number of imide groups is 1. The molecular weight excluding hydrogens is 274 g/mol. The number of hydrogen-bond donors (Lipinski definition) is 2. The molecule has 0 atom stereocenters. The highest BCUT2D eigenvalue weighted by Crippen LogP contribution is 2.24. The molecule has 3 amide bonds. The van der Waals surface area contributed by atoms with Gasteiger partial charge in [0.15, 0.2) is 0 Å². The molecule has 18 heavy (non-hydrogen) atoms. The summed E-state index contributed by atoms with van der Waals surface area (Å²) in [5, 5.41) is 7.31. The van der Waals surface area contributed by atoms with Gasteiger partial charge in [-0.1, -0.05) is 12.1 Å². The second kappa shape index (κ2) is 6.73. The Morgan fingerprint density at radius 3 is 2.89 bits per heavy atom. The van der Waals surface area contributed by atoms with Crippen LogP contribution in [0.15, 0.2) is 35.8 Å². The van der Waals surface area contributed by atoms with E-state index in [9.17, 15) is 9.59 Å². The molecule has 7 heteroatoms. The fraction of sp³-hybridized carbons (Fsp3) is 0. The highest BCUT2D eigenvalue weighted by Gasteiger charge is 2.03. The molecule has 0 bridgehead atoms. The molecule has 0 unspecified atom stereocenters. The number of benzene rings is 1. The number of carbonyl (C=O) groups is 2. The molecule has 0 fully saturated rings. The van der Waals surface area contributed by atoms with Crippen molar-refractivity contribution in [2.75, 3.05) is 5.32 Å². The lowest BCUT2D eigenvalue weighted by Gasteiger charge is -2.04. The molecule has 1 heterocycles. The minimum Gasteiger partial charge on any atom is -0.308 e. The molecule has 0 aliphatic carbocycles. The molecule has 0 aliphatic rings. The van der Waals surface area contributed by atoms with Gasteiger partial charge >= 0.3 is 6.03 Å². The number of hydrogen-bond acceptors (Lipinski definition) is 4. The van der Waals surface area contributed by atoms with E-state index < -0.39 is 6.03 Å². The fourth-order valence-electron chi connectivity index (χ4n) is 1.32. The van der Waals surface area contributed by atoms with E-state index in [1.807, 2.05) is 22.8 Å². The van der Waals surface area contributed by atoms with E-state index >= 15 is 0 Å². The second-order valence-corrected chi connectivity index (χ2v) is 4.03. The molecule has 2 aromatic rings. The minimum atomic E-state index is -0.559. The Balaban J connectivity index is 0.00000162. The first-order valence-corrected chi connectivity index (χ1v) is 5.68. The zero-order chi connectivity index (χ0) is 12.1. The van der Waals surface area contributed by atoms with Gasteiger partial charge < -0.3 is 5.32 Å². The standard InChI is InChI=1S/C11H9N3O2S.ClH/c15-7-13-11(16)14-9-3-1-2-8(6-9)10-12-4-5-17-10;/h1-7H,(H2,13,14,15,16);1H. The summed E-state index contributed by atoms with van der Waals surface area (Å²) in [4.78, 5) is 25.4. The summed E-state index contributed by atoms with van der Waals surface area (Å²) in [5.74, 6) is 0. The van der Waals surface area contributed by atoms with Crippen molar-refractivity contribution in [3.63, 3.8) is 0 Å². The molecule has 1 aromatic heterocycles. The van der Waals surface area contributed by atoms with E-state index in [4.69, 9.17) is 0 Å². The number of anilines is 1. The van der Waals surface area contributed by atoms with Crippen LogP contribution in [0.5, 0.6) is 0 Å². The van der Waals surface area contributed by atoms with E-state index in [0.29, 0.717) is 12.1 Å². The van der Waals surface area contributed by atoms with Crippen molar-refractivity contribution in [2.45, 2.75) is 0 Å². The molecule has 94 valence electrons. The maximum Gasteiger partial charge on any atom is 0.325 e. The molecule has 0 aliphatic heterocycles. The average Bonchev–Trinajstić information content (AvgIpc) is 2.83. The van der Waals surface area contributed by atoms with Crippen LogP contribution in [-0.4, -0.2) is 17.4 Å². The third-order valence-electron chi connectivity index (χ3n) is 1.99. The number of nitrogens with zero attached hydrogens (tertiary/aromatic N) is 1. The number of rotatable bonds is 3. The van der Waals surface area contributed by atoms with Crippen LogP contribution in [0.2, 0.25) is 0 Å². The molecule has 2 N–H and O–H groups in total. The van der Waals surface area contributed by atoms with Gasteiger partial charge in [-0.05, 0) is 12.1 Å². The summed E-state index contributed by atoms with van der Waals surface area (Å²) in [6.07, 6.45) is 2.05. The summed E-state index contributed by atoms with van der Waals surface area (Å²) in [6, 6.07) is 6.69. The van der Waals surface area contributed by atoms with Crippen molar-refractivity contribution in [1.29, 1.82) is 0 Å². The number of halogens is 1. The monoisotopic (exact) mass is 283 g/mol. The Hall–Kier alpha value is -1.92. The lowest BCUT2D eigenvalue weighted by Crippen LogP contribution is -2.27. The third-order valence-corrected chi connectivity index (χ3v) is 2.81. The third kappa shape index (κ3) is 3.54. The number of thiazole rings is 1. The molecule has 0 saturated carbocycles. The highest BCUT2D eigenvalue weighted by molar-refractivity contribution is 7.13. The quantitative estimate of drug-likeness (QED) is 0.850. The SMILES string of the molecule is Cl.O=CNC(=O)Nc1cccc(-c2nccs2)c1. The normalized spacial score (nSPS) is 9.11. The Labute approximate surface area is 114 Å². The summed E-state index contributed by atoms with van der Waals surface area (Å²) in [5.41, 5.74) is 1.53. The largest absolute Gasteiger partial charge is 0.325 e. The van der Waals surface area contributed by atoms with Gasteiger partial charge in [0.25, 0.3) is 0 Å². The van der Waals surface area contributed by atoms with Gasteiger partial charge in [-0.3, -0.25) is 10.1 Å². The molecule has 5 nitrogen and oxygen atoms in total. The molecule has 2 rings (SSSR count). The van der Waals surface area contributed by atoms with Crippen LogP contribution in [0.3, 0.4) is 0 Å². The summed E-state index contributed by atoms with van der Waals surface area (Å²) in [7, 11) is 0. The Morgan fingerprint density at radius 1 is 1.39 bits per heavy atom. The van der Waals surface area contributed by atoms with Gasteiger partial charge in [0, 0.05) is 22.8 Å². The number of carbonyl (C=O) groups excluding carboxylic acids is 2. The van der Waals surface area contributed by atoms with Gasteiger partial charge in [-0.25, -0.2) is 9.78 Å². The number of aromatic nitrogens is 1. The second-order valence-electron chi connectivity index (χ2n) is 3.13. The lowest BCUT2D eigenvalue weighted by molar-refractivity contribution is -0.108. The van der Waals surface area contributed by atoms with Crippen molar-refractivity contribution in [3.05, 3.63) is 35.8 Å². The van der Waals surface area contributed by atoms with Crippen molar-refractivity contribution in [1.82, 2.24) is 10.3 Å². The molecule has 0 saturated heterocycles. The summed E-state index contributed by atoms with van der Waals surface area (Å²) < 4.78 is 0. The smallest absolute Gasteiger partial charge is 0.308 e. The summed E-state index contributed by atoms with van der Waals surface area (Å²) >= 11 is 1.52. The summed E-state index contributed by atoms with van der Waals surface area (Å²) in [6.45, 7) is 0. The predicted octanol–water partition coefficient (Wildman–Crippen LogP) is 2.51. The first-order chi connectivity index (χ1) is 8.29. The van der Waals surface area contributed by atoms with E-state index in [1.165, 1.54) is 11.3 Å². The van der Waals surface area contributed by atoms with E-state index in [0.717, 1.165) is 10.6 Å². The van der Waals surface area contributed by atoms with Crippen molar-refractivity contribution < 1.29 is 9.59 Å². The fourth-order valence-corrected chi connectivity index (χ4v) is 1.95. The Bertz CT molecular complexity index is 531. The van der Waals surface area contributed by atoms with Gasteiger partial charge in [0.2, 0.25) is 6.41 Å². The van der Waals surface area contributed by atoms with E-state index in [1.54, 1.807) is 18.3 Å². The average molecular weight is 284 g/mol. The van der Waals surface area contributed by atoms with Crippen molar-refractivity contribution in [2.24, 2.45) is 0 Å². The maximum atomic E-state index is 11.1. The van der Waals surface area contributed by atoms with Crippen LogP contribution >= 0.6 is 23.7 Å². The molecule has 1 aromatic carbocycles. The number of nitrogens with one attached hydrogen (secondary N) is 2. The van der Waals surface area contributed by atoms with Gasteiger partial charge in [0.1, 0.15) is 5.01 Å². The Morgan fingerprint density at radius 2 is 2.22 bits per heavy atom. The first kappa shape index (κ1) is 14.1. The lowest BCUT2D eigenvalue weighted by atomic mass is 10.2. The van der Waals surface area contributed by atoms with Crippen LogP contribution in [0.1, 0.15) is 0 Å². The van der Waals surface area contributed by atoms with Crippen molar-refractivity contribution >= 4 is 41.9 Å².